The number of β-amino-alcohol motifs (C(OH)–C–C–N with tert-alkyl or cyclic N) is 1. The van der Waals surface area contributed by atoms with E-state index in [0.717, 1.165) is 24.2 Å². The molecular weight excluding hydrogens is 302 g/mol. The Morgan fingerprint density at radius 3 is 2.33 bits per heavy atom. The molecule has 1 atom stereocenters. The molecule has 1 saturated heterocycles. The number of likely N-dealkylation sites (tertiary alicyclic amines) is 1. The lowest BCUT2D eigenvalue weighted by Crippen LogP contribution is -2.63. The van der Waals surface area contributed by atoms with Gasteiger partial charge in [-0.05, 0) is 71.6 Å². The summed E-state index contributed by atoms with van der Waals surface area (Å²) >= 11 is 0. The Bertz CT molecular complexity index is 550. The van der Waals surface area contributed by atoms with Gasteiger partial charge in [-0.1, -0.05) is 12.1 Å². The number of rotatable bonds is 5. The van der Waals surface area contributed by atoms with Gasteiger partial charge in [0, 0.05) is 17.6 Å². The molecule has 1 heterocycles. The lowest BCUT2D eigenvalue weighted by atomic mass is 9.78. The number of hydrogen-bond donors (Lipinski definition) is 2. The standard InChI is InChI=1S/C20H33NO3/c1-14-8-7-9-18(15(14)2)24-13-17(23)12-21-19(3,4)10-16(22)11-20(21,5)6/h7-9,16-17,22-23H,10-13H2,1-6H3/t17-/m0/s1. The molecule has 1 aliphatic rings. The smallest absolute Gasteiger partial charge is 0.122 e. The molecule has 0 radical (unpaired) electrons. The summed E-state index contributed by atoms with van der Waals surface area (Å²) in [5.74, 6) is 0.835. The molecule has 136 valence electrons. The largest absolute Gasteiger partial charge is 0.491 e. The van der Waals surface area contributed by atoms with Gasteiger partial charge in [0.05, 0.1) is 6.10 Å². The van der Waals surface area contributed by atoms with Crippen molar-refractivity contribution < 1.29 is 14.9 Å². The number of aliphatic hydroxyl groups is 2. The Morgan fingerprint density at radius 2 is 1.75 bits per heavy atom. The monoisotopic (exact) mass is 335 g/mol. The molecule has 2 N–H and O–H groups in total. The molecule has 0 aromatic heterocycles. The van der Waals surface area contributed by atoms with E-state index in [9.17, 15) is 10.2 Å². The SMILES string of the molecule is Cc1cccc(OC[C@@H](O)CN2C(C)(C)CC(O)CC2(C)C)c1C. The minimum Gasteiger partial charge on any atom is -0.491 e. The molecule has 0 aliphatic carbocycles. The summed E-state index contributed by atoms with van der Waals surface area (Å²) in [6, 6.07) is 5.98. The first kappa shape index (κ1) is 19.2. The number of aryl methyl sites for hydroxylation is 1. The minimum absolute atomic E-state index is 0.151. The van der Waals surface area contributed by atoms with E-state index in [0.29, 0.717) is 6.54 Å². The molecule has 0 amide bonds. The Balaban J connectivity index is 2.00. The van der Waals surface area contributed by atoms with Crippen LogP contribution in [0.2, 0.25) is 0 Å². The van der Waals surface area contributed by atoms with Crippen LogP contribution in [-0.2, 0) is 0 Å². The molecule has 0 saturated carbocycles. The summed E-state index contributed by atoms with van der Waals surface area (Å²) in [4.78, 5) is 2.31. The third-order valence-electron chi connectivity index (χ3n) is 5.31. The number of nitrogens with zero attached hydrogens (tertiary/aromatic N) is 1. The predicted octanol–water partition coefficient (Wildman–Crippen LogP) is 3.06. The Hall–Kier alpha value is -1.10. The number of aliphatic hydroxyl groups excluding tert-OH is 2. The normalized spacial score (nSPS) is 22.3. The fraction of sp³-hybridized carbons (Fsp3) is 0.700. The van der Waals surface area contributed by atoms with E-state index >= 15 is 0 Å². The second-order valence-electron chi connectivity index (χ2n) is 8.46. The summed E-state index contributed by atoms with van der Waals surface area (Å²) in [5, 5.41) is 20.7. The maximum atomic E-state index is 10.5. The van der Waals surface area contributed by atoms with Crippen LogP contribution in [-0.4, -0.2) is 51.6 Å². The number of benzene rings is 1. The van der Waals surface area contributed by atoms with Gasteiger partial charge in [0.25, 0.3) is 0 Å². The van der Waals surface area contributed by atoms with Crippen LogP contribution in [0.3, 0.4) is 0 Å². The van der Waals surface area contributed by atoms with Crippen molar-refractivity contribution in [1.29, 1.82) is 0 Å². The maximum absolute atomic E-state index is 10.5. The van der Waals surface area contributed by atoms with Crippen molar-refractivity contribution in [2.24, 2.45) is 0 Å². The molecule has 0 bridgehead atoms. The first-order valence-corrected chi connectivity index (χ1v) is 8.86. The summed E-state index contributed by atoms with van der Waals surface area (Å²) in [7, 11) is 0. The fourth-order valence-corrected chi connectivity index (χ4v) is 4.09. The Morgan fingerprint density at radius 1 is 1.17 bits per heavy atom. The van der Waals surface area contributed by atoms with Gasteiger partial charge < -0.3 is 14.9 Å². The van der Waals surface area contributed by atoms with Gasteiger partial charge in [-0.3, -0.25) is 4.90 Å². The van der Waals surface area contributed by atoms with Crippen molar-refractivity contribution in [2.45, 2.75) is 77.7 Å². The molecule has 0 unspecified atom stereocenters. The molecule has 2 rings (SSSR count). The average Bonchev–Trinajstić information content (AvgIpc) is 2.43. The van der Waals surface area contributed by atoms with E-state index in [2.05, 4.69) is 45.6 Å². The van der Waals surface area contributed by atoms with Crippen LogP contribution in [0.5, 0.6) is 5.75 Å². The van der Waals surface area contributed by atoms with Crippen molar-refractivity contribution >= 4 is 0 Å². The van der Waals surface area contributed by atoms with Gasteiger partial charge in [0.2, 0.25) is 0 Å². The van der Waals surface area contributed by atoms with Gasteiger partial charge in [-0.15, -0.1) is 0 Å². The van der Waals surface area contributed by atoms with Crippen molar-refractivity contribution in [1.82, 2.24) is 4.90 Å². The zero-order valence-corrected chi connectivity index (χ0v) is 16.0. The molecule has 4 nitrogen and oxygen atoms in total. The van der Waals surface area contributed by atoms with Crippen molar-refractivity contribution in [3.63, 3.8) is 0 Å². The Labute approximate surface area is 146 Å². The Kier molecular flexibility index (Phi) is 5.63. The topological polar surface area (TPSA) is 52.9 Å². The van der Waals surface area contributed by atoms with Crippen LogP contribution >= 0.6 is 0 Å². The highest BCUT2D eigenvalue weighted by Gasteiger charge is 2.45. The van der Waals surface area contributed by atoms with Crippen LogP contribution in [0.25, 0.3) is 0 Å². The van der Waals surface area contributed by atoms with Gasteiger partial charge in [0.15, 0.2) is 0 Å². The van der Waals surface area contributed by atoms with E-state index in [4.69, 9.17) is 4.74 Å². The van der Waals surface area contributed by atoms with Crippen molar-refractivity contribution in [3.05, 3.63) is 29.3 Å². The van der Waals surface area contributed by atoms with Crippen LogP contribution in [0.4, 0.5) is 0 Å². The second kappa shape index (κ2) is 7.03. The molecule has 4 heteroatoms. The molecule has 1 aliphatic heterocycles. The molecule has 1 aromatic carbocycles. The highest BCUT2D eigenvalue weighted by atomic mass is 16.5. The van der Waals surface area contributed by atoms with Crippen LogP contribution in [0.1, 0.15) is 51.7 Å². The maximum Gasteiger partial charge on any atom is 0.122 e. The van der Waals surface area contributed by atoms with E-state index in [1.165, 1.54) is 5.56 Å². The van der Waals surface area contributed by atoms with Crippen molar-refractivity contribution in [2.75, 3.05) is 13.2 Å². The quantitative estimate of drug-likeness (QED) is 0.868. The van der Waals surface area contributed by atoms with Crippen LogP contribution < -0.4 is 4.74 Å². The first-order valence-electron chi connectivity index (χ1n) is 8.86. The summed E-state index contributed by atoms with van der Waals surface area (Å²) in [5.41, 5.74) is 2.00. The number of piperidine rings is 1. The van der Waals surface area contributed by atoms with Crippen LogP contribution in [0.15, 0.2) is 18.2 Å². The zero-order chi connectivity index (χ0) is 18.1. The van der Waals surface area contributed by atoms with E-state index < -0.39 is 6.10 Å². The highest BCUT2D eigenvalue weighted by molar-refractivity contribution is 5.38. The molecule has 24 heavy (non-hydrogen) atoms. The molecule has 1 fully saturated rings. The minimum atomic E-state index is -0.571. The van der Waals surface area contributed by atoms with Gasteiger partial charge in [0.1, 0.15) is 18.5 Å². The summed E-state index contributed by atoms with van der Waals surface area (Å²) < 4.78 is 5.85. The lowest BCUT2D eigenvalue weighted by Gasteiger charge is -2.55. The number of hydrogen-bond acceptors (Lipinski definition) is 4. The predicted molar refractivity (Wildman–Crippen MR) is 97.5 cm³/mol. The fourth-order valence-electron chi connectivity index (χ4n) is 4.09. The molecular formula is C20H33NO3. The molecule has 0 spiro atoms. The molecule has 1 aromatic rings. The second-order valence-corrected chi connectivity index (χ2v) is 8.46. The third kappa shape index (κ3) is 4.29. The van der Waals surface area contributed by atoms with Gasteiger partial charge in [-0.25, -0.2) is 0 Å². The third-order valence-corrected chi connectivity index (χ3v) is 5.31. The average molecular weight is 335 g/mol. The number of ether oxygens (including phenoxy) is 1. The summed E-state index contributed by atoms with van der Waals surface area (Å²) in [6.45, 7) is 13.4. The summed E-state index contributed by atoms with van der Waals surface area (Å²) in [6.07, 6.45) is 0.593. The first-order chi connectivity index (χ1) is 11.0. The van der Waals surface area contributed by atoms with Gasteiger partial charge in [-0.2, -0.15) is 0 Å². The zero-order valence-electron chi connectivity index (χ0n) is 16.0. The van der Waals surface area contributed by atoms with E-state index in [1.807, 2.05) is 19.1 Å². The lowest BCUT2D eigenvalue weighted by molar-refractivity contribution is -0.1000. The highest BCUT2D eigenvalue weighted by Crippen LogP contribution is 2.38. The van der Waals surface area contributed by atoms with Crippen molar-refractivity contribution in [3.8, 4) is 5.75 Å². The van der Waals surface area contributed by atoms with E-state index in [1.54, 1.807) is 0 Å². The van der Waals surface area contributed by atoms with Gasteiger partial charge >= 0.3 is 0 Å². The van der Waals surface area contributed by atoms with E-state index in [-0.39, 0.29) is 23.8 Å². The van der Waals surface area contributed by atoms with Crippen LogP contribution in [0, 0.1) is 13.8 Å².